The highest BCUT2D eigenvalue weighted by Crippen LogP contribution is 2.27. The van der Waals surface area contributed by atoms with Gasteiger partial charge in [-0.05, 0) is 35.9 Å². The van der Waals surface area contributed by atoms with E-state index in [0.717, 1.165) is 31.0 Å². The van der Waals surface area contributed by atoms with Crippen molar-refractivity contribution in [1.29, 1.82) is 0 Å². The number of ether oxygens (including phenoxy) is 1. The highest BCUT2D eigenvalue weighted by Gasteiger charge is 2.14. The highest BCUT2D eigenvalue weighted by molar-refractivity contribution is 5.82. The van der Waals surface area contributed by atoms with E-state index in [4.69, 9.17) is 4.74 Å². The maximum absolute atomic E-state index is 14.0. The molecule has 24 heavy (non-hydrogen) atoms. The average Bonchev–Trinajstić information content (AvgIpc) is 2.63. The molecule has 0 radical (unpaired) electrons. The number of rotatable bonds is 2. The normalized spacial score (nSPS) is 15.0. The summed E-state index contributed by atoms with van der Waals surface area (Å²) >= 11 is 0. The number of morpholine rings is 1. The van der Waals surface area contributed by atoms with E-state index in [9.17, 15) is 8.78 Å². The van der Waals surface area contributed by atoms with Gasteiger partial charge in [0.1, 0.15) is 17.5 Å². The molecule has 6 heteroatoms. The van der Waals surface area contributed by atoms with Gasteiger partial charge in [0.25, 0.3) is 0 Å². The number of nitrogens with zero attached hydrogens (tertiary/aromatic N) is 3. The number of anilines is 1. The zero-order valence-corrected chi connectivity index (χ0v) is 12.9. The van der Waals surface area contributed by atoms with Crippen LogP contribution < -0.4 is 4.90 Å². The van der Waals surface area contributed by atoms with Gasteiger partial charge in [-0.1, -0.05) is 6.07 Å². The van der Waals surface area contributed by atoms with Crippen LogP contribution in [0.5, 0.6) is 0 Å². The molecule has 4 nitrogen and oxygen atoms in total. The molecular weight excluding hydrogens is 312 g/mol. The summed E-state index contributed by atoms with van der Waals surface area (Å²) in [6.45, 7) is 2.85. The van der Waals surface area contributed by atoms with Gasteiger partial charge in [0.15, 0.2) is 0 Å². The Morgan fingerprint density at radius 2 is 1.79 bits per heavy atom. The summed E-state index contributed by atoms with van der Waals surface area (Å²) in [5, 5.41) is 0. The van der Waals surface area contributed by atoms with E-state index in [1.807, 2.05) is 0 Å². The Labute approximate surface area is 137 Å². The van der Waals surface area contributed by atoms with E-state index in [2.05, 4.69) is 14.9 Å². The van der Waals surface area contributed by atoms with E-state index in [1.165, 1.54) is 6.07 Å². The smallest absolute Gasteiger partial charge is 0.148 e. The van der Waals surface area contributed by atoms with Crippen LogP contribution in [0, 0.1) is 11.6 Å². The van der Waals surface area contributed by atoms with Crippen LogP contribution in [0.4, 0.5) is 14.6 Å². The molecule has 0 atom stereocenters. The van der Waals surface area contributed by atoms with Crippen LogP contribution in [0.3, 0.4) is 0 Å². The summed E-state index contributed by atoms with van der Waals surface area (Å²) < 4.78 is 32.8. The molecule has 122 valence electrons. The Kier molecular flexibility index (Phi) is 3.82. The van der Waals surface area contributed by atoms with Crippen molar-refractivity contribution in [3.63, 3.8) is 0 Å². The summed E-state index contributed by atoms with van der Waals surface area (Å²) in [5.74, 6) is -0.171. The van der Waals surface area contributed by atoms with Gasteiger partial charge in [-0.25, -0.2) is 13.8 Å². The minimum Gasteiger partial charge on any atom is -0.378 e. The van der Waals surface area contributed by atoms with Gasteiger partial charge in [-0.2, -0.15) is 0 Å². The van der Waals surface area contributed by atoms with Gasteiger partial charge in [-0.15, -0.1) is 0 Å². The van der Waals surface area contributed by atoms with E-state index in [0.29, 0.717) is 29.8 Å². The van der Waals surface area contributed by atoms with Crippen molar-refractivity contribution in [1.82, 2.24) is 9.97 Å². The number of hydrogen-bond acceptors (Lipinski definition) is 4. The van der Waals surface area contributed by atoms with E-state index in [-0.39, 0.29) is 5.56 Å². The van der Waals surface area contributed by atoms with Gasteiger partial charge in [-0.3, -0.25) is 4.98 Å². The van der Waals surface area contributed by atoms with Crippen molar-refractivity contribution in [2.45, 2.75) is 0 Å². The van der Waals surface area contributed by atoms with E-state index in [1.54, 1.807) is 24.4 Å². The second kappa shape index (κ2) is 6.13. The first kappa shape index (κ1) is 15.0. The third-order valence-corrected chi connectivity index (χ3v) is 4.10. The Morgan fingerprint density at radius 3 is 2.62 bits per heavy atom. The molecule has 0 N–H and O–H groups in total. The molecule has 1 aromatic heterocycles. The summed E-state index contributed by atoms with van der Waals surface area (Å²) in [4.78, 5) is 11.1. The molecule has 0 bridgehead atoms. The van der Waals surface area contributed by atoms with Crippen molar-refractivity contribution in [2.75, 3.05) is 31.2 Å². The topological polar surface area (TPSA) is 38.2 Å². The maximum atomic E-state index is 14.0. The molecule has 1 aliphatic rings. The summed E-state index contributed by atoms with van der Waals surface area (Å²) in [6, 6.07) is 8.66. The first-order valence-corrected chi connectivity index (χ1v) is 7.76. The minimum atomic E-state index is -0.473. The van der Waals surface area contributed by atoms with Crippen molar-refractivity contribution < 1.29 is 13.5 Å². The van der Waals surface area contributed by atoms with Gasteiger partial charge in [0.05, 0.1) is 30.4 Å². The van der Waals surface area contributed by atoms with Gasteiger partial charge in [0, 0.05) is 18.7 Å². The largest absolute Gasteiger partial charge is 0.378 e. The average molecular weight is 327 g/mol. The molecular formula is C18H15F2N3O. The van der Waals surface area contributed by atoms with Crippen molar-refractivity contribution in [2.24, 2.45) is 0 Å². The lowest BCUT2D eigenvalue weighted by atomic mass is 10.0. The number of hydrogen-bond donors (Lipinski definition) is 0. The zero-order valence-electron chi connectivity index (χ0n) is 12.9. The molecule has 3 aromatic rings. The highest BCUT2D eigenvalue weighted by atomic mass is 19.1. The van der Waals surface area contributed by atoms with Crippen LogP contribution in [-0.4, -0.2) is 36.3 Å². The minimum absolute atomic E-state index is 0.218. The Morgan fingerprint density at radius 1 is 0.958 bits per heavy atom. The standard InChI is InChI=1S/C18H15F2N3O/c19-13-2-3-15(20)14(10-13)12-1-4-16-17(9-12)22-18(11-21-16)23-5-7-24-8-6-23/h1-4,9-11H,5-8H2. The van der Waals surface area contributed by atoms with Crippen molar-refractivity contribution in [3.05, 3.63) is 54.2 Å². The number of halogens is 2. The van der Waals surface area contributed by atoms with Gasteiger partial charge in [0.2, 0.25) is 0 Å². The van der Waals surface area contributed by atoms with Crippen LogP contribution in [0.2, 0.25) is 0 Å². The van der Waals surface area contributed by atoms with Crippen LogP contribution >= 0.6 is 0 Å². The van der Waals surface area contributed by atoms with E-state index >= 15 is 0 Å². The molecule has 0 unspecified atom stereocenters. The summed E-state index contributed by atoms with van der Waals surface area (Å²) in [6.07, 6.45) is 1.73. The third-order valence-electron chi connectivity index (χ3n) is 4.10. The summed E-state index contributed by atoms with van der Waals surface area (Å²) in [5.41, 5.74) is 2.16. The molecule has 2 aromatic carbocycles. The lowest BCUT2D eigenvalue weighted by molar-refractivity contribution is 0.122. The number of benzene rings is 2. The van der Waals surface area contributed by atoms with Crippen molar-refractivity contribution >= 4 is 16.9 Å². The Balaban J connectivity index is 1.77. The molecule has 1 saturated heterocycles. The molecule has 0 amide bonds. The lowest BCUT2D eigenvalue weighted by Gasteiger charge is -2.27. The summed E-state index contributed by atoms with van der Waals surface area (Å²) in [7, 11) is 0. The van der Waals surface area contributed by atoms with Gasteiger partial charge >= 0.3 is 0 Å². The predicted molar refractivity (Wildman–Crippen MR) is 87.9 cm³/mol. The Bertz CT molecular complexity index is 895. The quantitative estimate of drug-likeness (QED) is 0.723. The van der Waals surface area contributed by atoms with Gasteiger partial charge < -0.3 is 9.64 Å². The fourth-order valence-corrected chi connectivity index (χ4v) is 2.83. The van der Waals surface area contributed by atoms with Crippen LogP contribution in [0.25, 0.3) is 22.2 Å². The van der Waals surface area contributed by atoms with Crippen molar-refractivity contribution in [3.8, 4) is 11.1 Å². The Hall–Kier alpha value is -2.60. The number of aromatic nitrogens is 2. The van der Waals surface area contributed by atoms with Crippen LogP contribution in [-0.2, 0) is 4.74 Å². The molecule has 0 aliphatic carbocycles. The molecule has 0 spiro atoms. The SMILES string of the molecule is Fc1ccc(F)c(-c2ccc3ncc(N4CCOCC4)nc3c2)c1. The monoisotopic (exact) mass is 327 g/mol. The number of fused-ring (bicyclic) bond motifs is 1. The molecule has 0 saturated carbocycles. The molecule has 1 fully saturated rings. The second-order valence-corrected chi connectivity index (χ2v) is 5.66. The zero-order chi connectivity index (χ0) is 16.5. The molecule has 4 rings (SSSR count). The van der Waals surface area contributed by atoms with Crippen LogP contribution in [0.15, 0.2) is 42.6 Å². The first-order chi connectivity index (χ1) is 11.7. The second-order valence-electron chi connectivity index (χ2n) is 5.66. The lowest BCUT2D eigenvalue weighted by Crippen LogP contribution is -2.36. The van der Waals surface area contributed by atoms with E-state index < -0.39 is 11.6 Å². The fourth-order valence-electron chi connectivity index (χ4n) is 2.83. The maximum Gasteiger partial charge on any atom is 0.148 e. The van der Waals surface area contributed by atoms with Crippen LogP contribution in [0.1, 0.15) is 0 Å². The third kappa shape index (κ3) is 2.80. The molecule has 2 heterocycles. The molecule has 1 aliphatic heterocycles. The fraction of sp³-hybridized carbons (Fsp3) is 0.222. The first-order valence-electron chi connectivity index (χ1n) is 7.76. The predicted octanol–water partition coefficient (Wildman–Crippen LogP) is 3.41.